The van der Waals surface area contributed by atoms with Crippen molar-refractivity contribution in [2.75, 3.05) is 32.8 Å². The van der Waals surface area contributed by atoms with E-state index in [0.29, 0.717) is 18.8 Å². The van der Waals surface area contributed by atoms with Gasteiger partial charge in [-0.15, -0.1) is 0 Å². The minimum absolute atomic E-state index is 0.0446. The maximum atomic E-state index is 13.7. The lowest BCUT2D eigenvalue weighted by molar-refractivity contribution is -0.132. The van der Waals surface area contributed by atoms with Gasteiger partial charge in [0.2, 0.25) is 5.91 Å². The highest BCUT2D eigenvalue weighted by molar-refractivity contribution is 6.02. The monoisotopic (exact) mass is 411 g/mol. The lowest BCUT2D eigenvalue weighted by atomic mass is 9.66. The third-order valence-electron chi connectivity index (χ3n) is 7.44. The van der Waals surface area contributed by atoms with E-state index < -0.39 is 5.54 Å². The van der Waals surface area contributed by atoms with E-state index in [2.05, 4.69) is 24.1 Å². The van der Waals surface area contributed by atoms with Crippen LogP contribution in [0.5, 0.6) is 0 Å². The summed E-state index contributed by atoms with van der Waals surface area (Å²) in [6.45, 7) is 8.39. The van der Waals surface area contributed by atoms with Gasteiger partial charge in [0.1, 0.15) is 0 Å². The topological polar surface area (TPSA) is 61.9 Å². The molecule has 1 aromatic rings. The average molecular weight is 412 g/mol. The molecule has 3 fully saturated rings. The van der Waals surface area contributed by atoms with E-state index >= 15 is 0 Å². The molecule has 0 bridgehead atoms. The second kappa shape index (κ2) is 7.65. The van der Waals surface area contributed by atoms with Crippen LogP contribution in [0.15, 0.2) is 24.3 Å². The molecule has 162 valence electrons. The van der Waals surface area contributed by atoms with Crippen molar-refractivity contribution < 1.29 is 14.3 Å². The second-order valence-electron chi connectivity index (χ2n) is 9.88. The zero-order valence-electron chi connectivity index (χ0n) is 18.1. The van der Waals surface area contributed by atoms with Crippen LogP contribution in [0.4, 0.5) is 0 Å². The van der Waals surface area contributed by atoms with Gasteiger partial charge in [0, 0.05) is 31.2 Å². The van der Waals surface area contributed by atoms with Crippen LogP contribution in [0.1, 0.15) is 61.4 Å². The number of ether oxygens (including phenoxy) is 1. The summed E-state index contributed by atoms with van der Waals surface area (Å²) < 4.78 is 5.28. The molecular formula is C24H33N3O3. The maximum Gasteiger partial charge on any atom is 0.254 e. The van der Waals surface area contributed by atoms with Crippen LogP contribution in [0.3, 0.4) is 0 Å². The molecule has 0 aromatic heterocycles. The third kappa shape index (κ3) is 3.34. The van der Waals surface area contributed by atoms with Crippen LogP contribution in [0.2, 0.25) is 0 Å². The summed E-state index contributed by atoms with van der Waals surface area (Å²) in [6, 6.07) is 7.87. The second-order valence-corrected chi connectivity index (χ2v) is 9.88. The molecule has 1 spiro atoms. The molecule has 1 saturated carbocycles. The minimum atomic E-state index is -0.464. The number of hydrogen-bond acceptors (Lipinski definition) is 4. The highest BCUT2D eigenvalue weighted by atomic mass is 16.5. The number of hydrogen-bond donors (Lipinski definition) is 1. The molecule has 3 heterocycles. The highest BCUT2D eigenvalue weighted by Crippen LogP contribution is 2.48. The largest absolute Gasteiger partial charge is 0.377 e. The van der Waals surface area contributed by atoms with Crippen molar-refractivity contribution in [3.63, 3.8) is 0 Å². The first-order valence-corrected chi connectivity index (χ1v) is 11.5. The van der Waals surface area contributed by atoms with Gasteiger partial charge in [-0.25, -0.2) is 0 Å². The third-order valence-corrected chi connectivity index (χ3v) is 7.44. The number of likely N-dealkylation sites (tertiary alicyclic amines) is 1. The molecule has 1 atom stereocenters. The molecule has 1 aliphatic carbocycles. The first kappa shape index (κ1) is 20.0. The van der Waals surface area contributed by atoms with Gasteiger partial charge in [-0.3, -0.25) is 9.59 Å². The summed E-state index contributed by atoms with van der Waals surface area (Å²) in [7, 11) is 0. The molecule has 1 N–H and O–H groups in total. The van der Waals surface area contributed by atoms with E-state index in [1.165, 1.54) is 19.4 Å². The number of fused-ring (bicyclic) bond motifs is 1. The van der Waals surface area contributed by atoms with Crippen molar-refractivity contribution in [1.29, 1.82) is 0 Å². The standard InChI is InChI=1S/C24H33N3O3/c1-16(2)27-23(29)20-6-4-3-5-19(20)21(22(28)25-18-14-30-15-18)24(27)9-11-26(12-10-24)13-17-7-8-17/h3-6,16-18,21H,7-15H2,1-2H3,(H,25,28). The van der Waals surface area contributed by atoms with Gasteiger partial charge in [0.25, 0.3) is 5.91 Å². The van der Waals surface area contributed by atoms with Gasteiger partial charge < -0.3 is 19.9 Å². The Morgan fingerprint density at radius 1 is 1.20 bits per heavy atom. The van der Waals surface area contributed by atoms with Gasteiger partial charge in [0.05, 0.1) is 30.7 Å². The van der Waals surface area contributed by atoms with E-state index in [-0.39, 0.29) is 29.8 Å². The zero-order chi connectivity index (χ0) is 20.9. The van der Waals surface area contributed by atoms with E-state index in [1.807, 2.05) is 29.2 Å². The molecule has 4 aliphatic rings. The predicted octanol–water partition coefficient (Wildman–Crippen LogP) is 2.39. The number of carbonyl (C=O) groups is 2. The molecule has 5 rings (SSSR count). The Bertz CT molecular complexity index is 823. The molecule has 3 aliphatic heterocycles. The maximum absolute atomic E-state index is 13.7. The molecule has 1 aromatic carbocycles. The molecule has 6 nitrogen and oxygen atoms in total. The van der Waals surface area contributed by atoms with E-state index in [1.54, 1.807) is 0 Å². The first-order chi connectivity index (χ1) is 14.5. The summed E-state index contributed by atoms with van der Waals surface area (Å²) in [4.78, 5) is 31.9. The Hall–Kier alpha value is -1.92. The van der Waals surface area contributed by atoms with Crippen molar-refractivity contribution in [2.45, 2.75) is 63.1 Å². The quantitative estimate of drug-likeness (QED) is 0.808. The number of amides is 2. The van der Waals surface area contributed by atoms with Crippen LogP contribution in [0, 0.1) is 5.92 Å². The van der Waals surface area contributed by atoms with Gasteiger partial charge in [-0.05, 0) is 57.1 Å². The average Bonchev–Trinajstić information content (AvgIpc) is 3.50. The Kier molecular flexibility index (Phi) is 5.10. The summed E-state index contributed by atoms with van der Waals surface area (Å²) in [5.41, 5.74) is 1.11. The van der Waals surface area contributed by atoms with Crippen LogP contribution in [-0.2, 0) is 9.53 Å². The Morgan fingerprint density at radius 2 is 1.90 bits per heavy atom. The Labute approximate surface area is 178 Å². The number of piperidine rings is 1. The number of nitrogens with zero attached hydrogens (tertiary/aromatic N) is 2. The summed E-state index contributed by atoms with van der Waals surface area (Å²) in [5, 5.41) is 3.21. The van der Waals surface area contributed by atoms with Crippen LogP contribution in [0.25, 0.3) is 0 Å². The van der Waals surface area contributed by atoms with Crippen molar-refractivity contribution in [2.24, 2.45) is 5.92 Å². The van der Waals surface area contributed by atoms with Crippen molar-refractivity contribution in [1.82, 2.24) is 15.1 Å². The normalized spacial score (nSPS) is 26.6. The molecule has 6 heteroatoms. The first-order valence-electron chi connectivity index (χ1n) is 11.5. The molecule has 1 unspecified atom stereocenters. The lowest BCUT2D eigenvalue weighted by Crippen LogP contribution is -2.67. The predicted molar refractivity (Wildman–Crippen MR) is 114 cm³/mol. The summed E-state index contributed by atoms with van der Waals surface area (Å²) in [6.07, 6.45) is 4.38. The molecule has 0 radical (unpaired) electrons. The summed E-state index contributed by atoms with van der Waals surface area (Å²) in [5.74, 6) is 0.640. The number of rotatable bonds is 5. The minimum Gasteiger partial charge on any atom is -0.377 e. The fourth-order valence-electron chi connectivity index (χ4n) is 5.76. The van der Waals surface area contributed by atoms with E-state index in [4.69, 9.17) is 4.74 Å². The zero-order valence-corrected chi connectivity index (χ0v) is 18.1. The van der Waals surface area contributed by atoms with E-state index in [9.17, 15) is 9.59 Å². The smallest absolute Gasteiger partial charge is 0.254 e. The van der Waals surface area contributed by atoms with Crippen molar-refractivity contribution in [3.8, 4) is 0 Å². The highest BCUT2D eigenvalue weighted by Gasteiger charge is 2.56. The molecular weight excluding hydrogens is 378 g/mol. The Balaban J connectivity index is 1.52. The SMILES string of the molecule is CC(C)N1C(=O)c2ccccc2C(C(=O)NC2COC2)C12CCN(CC1CC1)CC2. The van der Waals surface area contributed by atoms with Crippen LogP contribution < -0.4 is 5.32 Å². The van der Waals surface area contributed by atoms with Gasteiger partial charge in [0.15, 0.2) is 0 Å². The van der Waals surface area contributed by atoms with Crippen LogP contribution in [-0.4, -0.2) is 72.1 Å². The van der Waals surface area contributed by atoms with Gasteiger partial charge >= 0.3 is 0 Å². The van der Waals surface area contributed by atoms with Crippen LogP contribution >= 0.6 is 0 Å². The van der Waals surface area contributed by atoms with Gasteiger partial charge in [-0.2, -0.15) is 0 Å². The number of nitrogens with one attached hydrogen (secondary N) is 1. The fourth-order valence-corrected chi connectivity index (χ4v) is 5.76. The van der Waals surface area contributed by atoms with Crippen molar-refractivity contribution >= 4 is 11.8 Å². The number of benzene rings is 1. The van der Waals surface area contributed by atoms with Crippen molar-refractivity contribution in [3.05, 3.63) is 35.4 Å². The lowest BCUT2D eigenvalue weighted by Gasteiger charge is -2.56. The van der Waals surface area contributed by atoms with E-state index in [0.717, 1.165) is 37.4 Å². The molecule has 2 amide bonds. The fraction of sp³-hybridized carbons (Fsp3) is 0.667. The molecule has 30 heavy (non-hydrogen) atoms. The Morgan fingerprint density at radius 3 is 2.50 bits per heavy atom. The van der Waals surface area contributed by atoms with Gasteiger partial charge in [-0.1, -0.05) is 18.2 Å². The number of carbonyl (C=O) groups excluding carboxylic acids is 2. The summed E-state index contributed by atoms with van der Waals surface area (Å²) >= 11 is 0. The molecule has 2 saturated heterocycles.